The van der Waals surface area contributed by atoms with Crippen molar-refractivity contribution in [2.24, 2.45) is 0 Å². The number of carboxylic acid groups (broad SMARTS) is 2. The molecule has 11 nitrogen and oxygen atoms in total. The van der Waals surface area contributed by atoms with E-state index in [1.165, 1.54) is 20.3 Å². The molecular weight excluding hydrogens is 496 g/mol. The number of benzene rings is 2. The molecule has 2 heterocycles. The second-order valence-corrected chi connectivity index (χ2v) is 8.72. The maximum absolute atomic E-state index is 12.4. The smallest absolute Gasteiger partial charge is 0.341 e. The lowest BCUT2D eigenvalue weighted by atomic mass is 10.0. The van der Waals surface area contributed by atoms with Crippen molar-refractivity contribution in [2.75, 3.05) is 27.6 Å². The Bertz CT molecular complexity index is 1390. The predicted octanol–water partition coefficient (Wildman–Crippen LogP) is 3.92. The van der Waals surface area contributed by atoms with E-state index in [1.54, 1.807) is 41.1 Å². The van der Waals surface area contributed by atoms with Gasteiger partial charge in [-0.2, -0.15) is 0 Å². The molecule has 2 aromatic carbocycles. The highest BCUT2D eigenvalue weighted by atomic mass is 16.7. The molecule has 4 rings (SSSR count). The lowest BCUT2D eigenvalue weighted by Gasteiger charge is -2.18. The number of imidazole rings is 1. The molecule has 0 spiro atoms. The molecule has 1 aromatic heterocycles. The van der Waals surface area contributed by atoms with Crippen LogP contribution in [0.15, 0.2) is 42.1 Å². The summed E-state index contributed by atoms with van der Waals surface area (Å²) in [6.07, 6.45) is 3.12. The van der Waals surface area contributed by atoms with Gasteiger partial charge in [-0.1, -0.05) is 13.8 Å². The summed E-state index contributed by atoms with van der Waals surface area (Å²) in [6, 6.07) is 8.36. The van der Waals surface area contributed by atoms with E-state index in [9.17, 15) is 14.7 Å². The number of rotatable bonds is 11. The van der Waals surface area contributed by atoms with Gasteiger partial charge in [-0.05, 0) is 24.3 Å². The van der Waals surface area contributed by atoms with Crippen LogP contribution in [-0.2, 0) is 16.0 Å². The fraction of sp³-hybridized carbons (Fsp3) is 0.296. The summed E-state index contributed by atoms with van der Waals surface area (Å²) in [5.74, 6) is 0.544. The van der Waals surface area contributed by atoms with Gasteiger partial charge in [0, 0.05) is 35.6 Å². The van der Waals surface area contributed by atoms with Crippen molar-refractivity contribution in [2.45, 2.75) is 26.2 Å². The first-order valence-corrected chi connectivity index (χ1v) is 11.7. The summed E-state index contributed by atoms with van der Waals surface area (Å²) in [7, 11) is 2.99. The van der Waals surface area contributed by atoms with E-state index in [0.29, 0.717) is 45.8 Å². The number of nitrogens with zero attached hydrogens (tertiary/aromatic N) is 2. The average molecular weight is 525 g/mol. The molecule has 200 valence electrons. The normalized spacial score (nSPS) is 12.5. The number of fused-ring (bicyclic) bond motifs is 1. The van der Waals surface area contributed by atoms with Gasteiger partial charge in [0.2, 0.25) is 6.79 Å². The van der Waals surface area contributed by atoms with Crippen LogP contribution in [0.2, 0.25) is 0 Å². The number of hydrogen-bond donors (Lipinski definition) is 2. The molecule has 0 radical (unpaired) electrons. The molecule has 3 aromatic rings. The van der Waals surface area contributed by atoms with Gasteiger partial charge in [0.15, 0.2) is 18.1 Å². The molecule has 1 aliphatic heterocycles. The first-order valence-electron chi connectivity index (χ1n) is 11.7. The molecule has 11 heteroatoms. The van der Waals surface area contributed by atoms with E-state index in [1.807, 2.05) is 13.8 Å². The number of carboxylic acids is 2. The fourth-order valence-corrected chi connectivity index (χ4v) is 4.08. The zero-order valence-electron chi connectivity index (χ0n) is 21.4. The molecule has 0 amide bonds. The number of aliphatic carboxylic acids is 2. The van der Waals surface area contributed by atoms with Crippen molar-refractivity contribution >= 4 is 18.0 Å². The van der Waals surface area contributed by atoms with Gasteiger partial charge in [-0.15, -0.1) is 0 Å². The van der Waals surface area contributed by atoms with Gasteiger partial charge in [-0.25, -0.2) is 14.6 Å². The van der Waals surface area contributed by atoms with Crippen molar-refractivity contribution in [3.8, 4) is 34.4 Å². The minimum atomic E-state index is -1.14. The Morgan fingerprint density at radius 2 is 1.82 bits per heavy atom. The molecule has 0 unspecified atom stereocenters. The third kappa shape index (κ3) is 5.51. The molecule has 0 fully saturated rings. The van der Waals surface area contributed by atoms with Crippen molar-refractivity contribution < 1.29 is 43.5 Å². The van der Waals surface area contributed by atoms with Crippen molar-refractivity contribution in [1.82, 2.24) is 9.55 Å². The van der Waals surface area contributed by atoms with Gasteiger partial charge in [0.05, 0.1) is 31.8 Å². The van der Waals surface area contributed by atoms with Crippen LogP contribution in [0.5, 0.6) is 28.7 Å². The topological polar surface area (TPSA) is 139 Å². The molecule has 0 saturated heterocycles. The van der Waals surface area contributed by atoms with Gasteiger partial charge >= 0.3 is 11.9 Å². The summed E-state index contributed by atoms with van der Waals surface area (Å²) in [6.45, 7) is 3.41. The van der Waals surface area contributed by atoms with E-state index in [4.69, 9.17) is 28.8 Å². The Balaban J connectivity index is 1.82. The van der Waals surface area contributed by atoms with Crippen molar-refractivity contribution in [3.63, 3.8) is 0 Å². The van der Waals surface area contributed by atoms with E-state index >= 15 is 0 Å². The monoisotopic (exact) mass is 524 g/mol. The van der Waals surface area contributed by atoms with Crippen LogP contribution < -0.4 is 23.7 Å². The highest BCUT2D eigenvalue weighted by Gasteiger charge is 2.23. The Kier molecular flexibility index (Phi) is 7.75. The predicted molar refractivity (Wildman–Crippen MR) is 136 cm³/mol. The Morgan fingerprint density at radius 3 is 2.45 bits per heavy atom. The largest absolute Gasteiger partial charge is 0.497 e. The maximum Gasteiger partial charge on any atom is 0.341 e. The SMILES string of the molecule is COc1ccc(-n2c(C=C(Cc3cc4c(cc3OC)OCO4)C(=O)O)cnc2C(C)C)c(OCC(=O)O)c1. The van der Waals surface area contributed by atoms with Crippen LogP contribution in [0.25, 0.3) is 11.8 Å². The average Bonchev–Trinajstić information content (AvgIpc) is 3.52. The number of carbonyl (C=O) groups is 2. The van der Waals surface area contributed by atoms with Crippen LogP contribution in [0.3, 0.4) is 0 Å². The third-order valence-electron chi connectivity index (χ3n) is 5.85. The molecule has 0 atom stereocenters. The van der Waals surface area contributed by atoms with Gasteiger partial charge in [0.1, 0.15) is 23.1 Å². The first-order chi connectivity index (χ1) is 18.2. The maximum atomic E-state index is 12.4. The molecule has 0 bridgehead atoms. The van der Waals surface area contributed by atoms with Crippen LogP contribution in [-0.4, -0.2) is 59.3 Å². The highest BCUT2D eigenvalue weighted by molar-refractivity contribution is 5.92. The Labute approximate surface area is 218 Å². The van der Waals surface area contributed by atoms with Crippen molar-refractivity contribution in [3.05, 3.63) is 59.2 Å². The Hall–Kier alpha value is -4.67. The van der Waals surface area contributed by atoms with Gasteiger partial charge in [-0.3, -0.25) is 4.57 Å². The second-order valence-electron chi connectivity index (χ2n) is 8.72. The molecular formula is C27H28N2O9. The number of ether oxygens (including phenoxy) is 5. The summed E-state index contributed by atoms with van der Waals surface area (Å²) in [4.78, 5) is 28.1. The highest BCUT2D eigenvalue weighted by Crippen LogP contribution is 2.39. The second kappa shape index (κ2) is 11.2. The summed E-state index contributed by atoms with van der Waals surface area (Å²) >= 11 is 0. The number of methoxy groups -OCH3 is 2. The van der Waals surface area contributed by atoms with Crippen LogP contribution >= 0.6 is 0 Å². The van der Waals surface area contributed by atoms with Crippen LogP contribution in [0.1, 0.15) is 36.8 Å². The minimum absolute atomic E-state index is 0.0301. The van der Waals surface area contributed by atoms with E-state index in [-0.39, 0.29) is 30.5 Å². The van der Waals surface area contributed by atoms with E-state index < -0.39 is 18.5 Å². The Morgan fingerprint density at radius 1 is 1.08 bits per heavy atom. The lowest BCUT2D eigenvalue weighted by molar-refractivity contribution is -0.139. The fourth-order valence-electron chi connectivity index (χ4n) is 4.08. The molecule has 1 aliphatic rings. The number of hydrogen-bond acceptors (Lipinski definition) is 8. The molecule has 38 heavy (non-hydrogen) atoms. The molecule has 0 aliphatic carbocycles. The summed E-state index contributed by atoms with van der Waals surface area (Å²) < 4.78 is 28.9. The van der Waals surface area contributed by atoms with Gasteiger partial charge in [0.25, 0.3) is 0 Å². The zero-order chi connectivity index (χ0) is 27.4. The lowest BCUT2D eigenvalue weighted by Crippen LogP contribution is -2.13. The summed E-state index contributed by atoms with van der Waals surface area (Å²) in [5.41, 5.74) is 1.64. The third-order valence-corrected chi connectivity index (χ3v) is 5.85. The van der Waals surface area contributed by atoms with E-state index in [2.05, 4.69) is 4.98 Å². The van der Waals surface area contributed by atoms with E-state index in [0.717, 1.165) is 0 Å². The van der Waals surface area contributed by atoms with Gasteiger partial charge < -0.3 is 33.9 Å². The zero-order valence-corrected chi connectivity index (χ0v) is 21.4. The standard InChI is InChI=1S/C27H28N2O9/c1-15(2)26-28-12-18(29(26)20-6-5-19(34-3)10-22(20)36-13-25(30)31)8-17(27(32)33)7-16-9-23-24(38-14-37-23)11-21(16)35-4/h5-6,8-12,15H,7,13-14H2,1-4H3,(H,30,31)(H,32,33). The molecule has 2 N–H and O–H groups in total. The number of aromatic nitrogens is 2. The van der Waals surface area contributed by atoms with Crippen LogP contribution in [0.4, 0.5) is 0 Å². The minimum Gasteiger partial charge on any atom is -0.497 e. The van der Waals surface area contributed by atoms with Crippen molar-refractivity contribution in [1.29, 1.82) is 0 Å². The quantitative estimate of drug-likeness (QED) is 0.355. The first kappa shape index (κ1) is 26.4. The van der Waals surface area contributed by atoms with Crippen LogP contribution in [0, 0.1) is 0 Å². The molecule has 0 saturated carbocycles. The summed E-state index contributed by atoms with van der Waals surface area (Å²) in [5, 5.41) is 19.3.